The van der Waals surface area contributed by atoms with Crippen LogP contribution in [0.5, 0.6) is 11.5 Å². The molecule has 0 spiro atoms. The number of ether oxygens (including phenoxy) is 2. The van der Waals surface area contributed by atoms with Crippen LogP contribution < -0.4 is 9.47 Å². The van der Waals surface area contributed by atoms with Crippen LogP contribution in [0.1, 0.15) is 23.7 Å². The average Bonchev–Trinajstić information content (AvgIpc) is 2.87. The van der Waals surface area contributed by atoms with Crippen molar-refractivity contribution in [2.24, 2.45) is 0 Å². The highest BCUT2D eigenvalue weighted by molar-refractivity contribution is 7.91. The van der Waals surface area contributed by atoms with Gasteiger partial charge in [-0.05, 0) is 25.5 Å². The molecule has 1 aromatic carbocycles. The number of fused-ring (bicyclic) bond motifs is 1. The van der Waals surface area contributed by atoms with E-state index in [9.17, 15) is 13.2 Å². The van der Waals surface area contributed by atoms with Crippen LogP contribution in [0.4, 0.5) is 0 Å². The molecule has 0 aliphatic carbocycles. The van der Waals surface area contributed by atoms with Crippen molar-refractivity contribution >= 4 is 27.3 Å². The van der Waals surface area contributed by atoms with E-state index in [1.165, 1.54) is 0 Å². The third-order valence-electron chi connectivity index (χ3n) is 4.09. The standard InChI is InChI=1S/C15H18ClNO5S/c1-2-17(11-3-6-23(19,20)9-11)15(18)10-7-12(16)14-13(8-10)21-4-5-22-14/h7-8,11H,2-6,9H2,1H3/t11-/m0/s1. The molecular formula is C15H18ClNO5S. The second kappa shape index (κ2) is 6.20. The Morgan fingerprint density at radius 3 is 2.74 bits per heavy atom. The molecule has 2 aliphatic rings. The zero-order valence-corrected chi connectivity index (χ0v) is 14.3. The van der Waals surface area contributed by atoms with E-state index in [4.69, 9.17) is 21.1 Å². The molecule has 1 saturated heterocycles. The Hall–Kier alpha value is -1.47. The Balaban J connectivity index is 1.88. The van der Waals surface area contributed by atoms with E-state index < -0.39 is 9.84 Å². The van der Waals surface area contributed by atoms with Gasteiger partial charge in [0.2, 0.25) is 0 Å². The van der Waals surface area contributed by atoms with Crippen LogP contribution in [0.3, 0.4) is 0 Å². The smallest absolute Gasteiger partial charge is 0.254 e. The first kappa shape index (κ1) is 16.4. The van der Waals surface area contributed by atoms with Crippen LogP contribution in [0.2, 0.25) is 5.02 Å². The fraction of sp³-hybridized carbons (Fsp3) is 0.533. The van der Waals surface area contributed by atoms with E-state index in [0.717, 1.165) is 0 Å². The molecule has 1 fully saturated rings. The van der Waals surface area contributed by atoms with E-state index in [2.05, 4.69) is 0 Å². The maximum Gasteiger partial charge on any atom is 0.254 e. The highest BCUT2D eigenvalue weighted by Gasteiger charge is 2.34. The van der Waals surface area contributed by atoms with Crippen molar-refractivity contribution in [3.8, 4) is 11.5 Å². The highest BCUT2D eigenvalue weighted by atomic mass is 35.5. The number of hydrogen-bond acceptors (Lipinski definition) is 5. The molecule has 126 valence electrons. The van der Waals surface area contributed by atoms with Gasteiger partial charge in [-0.2, -0.15) is 0 Å². The quantitative estimate of drug-likeness (QED) is 0.822. The van der Waals surface area contributed by atoms with Gasteiger partial charge >= 0.3 is 0 Å². The lowest BCUT2D eigenvalue weighted by Crippen LogP contribution is -2.41. The van der Waals surface area contributed by atoms with Gasteiger partial charge in [0.05, 0.1) is 16.5 Å². The number of halogens is 1. The van der Waals surface area contributed by atoms with Gasteiger partial charge in [0.15, 0.2) is 21.3 Å². The lowest BCUT2D eigenvalue weighted by Gasteiger charge is -2.28. The van der Waals surface area contributed by atoms with Gasteiger partial charge in [0.25, 0.3) is 5.91 Å². The molecule has 0 radical (unpaired) electrons. The van der Waals surface area contributed by atoms with Crippen molar-refractivity contribution in [1.82, 2.24) is 4.90 Å². The first-order chi connectivity index (χ1) is 10.9. The molecule has 1 aromatic rings. The monoisotopic (exact) mass is 359 g/mol. The van der Waals surface area contributed by atoms with Crippen molar-refractivity contribution in [2.75, 3.05) is 31.3 Å². The fourth-order valence-corrected chi connectivity index (χ4v) is 4.98. The number of hydrogen-bond donors (Lipinski definition) is 0. The number of carbonyl (C=O) groups is 1. The van der Waals surface area contributed by atoms with Crippen LogP contribution >= 0.6 is 11.6 Å². The second-order valence-corrected chi connectivity index (χ2v) is 8.27. The number of amides is 1. The summed E-state index contributed by atoms with van der Waals surface area (Å²) in [5.41, 5.74) is 0.380. The van der Waals surface area contributed by atoms with Crippen LogP contribution in [-0.4, -0.2) is 56.5 Å². The van der Waals surface area contributed by atoms with Gasteiger partial charge < -0.3 is 14.4 Å². The Labute approximate surface area is 140 Å². The minimum atomic E-state index is -3.05. The average molecular weight is 360 g/mol. The molecular weight excluding hydrogens is 342 g/mol. The van der Waals surface area contributed by atoms with Gasteiger partial charge in [0.1, 0.15) is 13.2 Å². The third kappa shape index (κ3) is 3.26. The zero-order valence-electron chi connectivity index (χ0n) is 12.7. The summed E-state index contributed by atoms with van der Waals surface area (Å²) in [6.45, 7) is 3.09. The maximum atomic E-state index is 12.8. The van der Waals surface area contributed by atoms with Gasteiger partial charge in [-0.3, -0.25) is 4.79 Å². The molecule has 6 nitrogen and oxygen atoms in total. The number of nitrogens with zero attached hydrogens (tertiary/aromatic N) is 1. The van der Waals surface area contributed by atoms with Crippen molar-refractivity contribution < 1.29 is 22.7 Å². The molecule has 2 heterocycles. The molecule has 1 amide bonds. The summed E-state index contributed by atoms with van der Waals surface area (Å²) in [5, 5.41) is 0.320. The summed E-state index contributed by atoms with van der Waals surface area (Å²) in [5.74, 6) is 0.797. The number of rotatable bonds is 3. The maximum absolute atomic E-state index is 12.8. The van der Waals surface area contributed by atoms with Crippen LogP contribution in [0.25, 0.3) is 0 Å². The minimum absolute atomic E-state index is 0.0187. The van der Waals surface area contributed by atoms with Gasteiger partial charge in [0, 0.05) is 18.2 Å². The molecule has 1 atom stereocenters. The lowest BCUT2D eigenvalue weighted by atomic mass is 10.1. The summed E-state index contributed by atoms with van der Waals surface area (Å²) in [4.78, 5) is 14.4. The Bertz CT molecular complexity index is 734. The number of benzene rings is 1. The summed E-state index contributed by atoms with van der Waals surface area (Å²) in [7, 11) is -3.05. The molecule has 23 heavy (non-hydrogen) atoms. The molecule has 0 bridgehead atoms. The molecule has 8 heteroatoms. The molecule has 3 rings (SSSR count). The largest absolute Gasteiger partial charge is 0.486 e. The van der Waals surface area contributed by atoms with E-state index >= 15 is 0 Å². The Morgan fingerprint density at radius 2 is 2.09 bits per heavy atom. The number of sulfone groups is 1. The number of carbonyl (C=O) groups excluding carboxylic acids is 1. The fourth-order valence-electron chi connectivity index (χ4n) is 2.99. The van der Waals surface area contributed by atoms with Gasteiger partial charge in [-0.25, -0.2) is 8.42 Å². The predicted octanol–water partition coefficient (Wildman–Crippen LogP) is 1.76. The van der Waals surface area contributed by atoms with E-state index in [0.29, 0.717) is 48.3 Å². The minimum Gasteiger partial charge on any atom is -0.486 e. The summed E-state index contributed by atoms with van der Waals surface area (Å²) in [6, 6.07) is 2.86. The second-order valence-electron chi connectivity index (χ2n) is 5.63. The zero-order chi connectivity index (χ0) is 16.6. The van der Waals surface area contributed by atoms with E-state index in [1.54, 1.807) is 17.0 Å². The topological polar surface area (TPSA) is 72.9 Å². The summed E-state index contributed by atoms with van der Waals surface area (Å²) >= 11 is 6.17. The van der Waals surface area contributed by atoms with E-state index in [-0.39, 0.29) is 23.5 Å². The lowest BCUT2D eigenvalue weighted by molar-refractivity contribution is 0.0707. The predicted molar refractivity (Wildman–Crippen MR) is 86.2 cm³/mol. The Kier molecular flexibility index (Phi) is 4.42. The molecule has 0 N–H and O–H groups in total. The highest BCUT2D eigenvalue weighted by Crippen LogP contribution is 2.38. The molecule has 2 aliphatic heterocycles. The first-order valence-corrected chi connectivity index (χ1v) is 9.72. The van der Waals surface area contributed by atoms with Crippen molar-refractivity contribution in [2.45, 2.75) is 19.4 Å². The van der Waals surface area contributed by atoms with Crippen molar-refractivity contribution in [3.05, 3.63) is 22.7 Å². The molecule has 0 saturated carbocycles. The molecule has 0 unspecified atom stereocenters. The van der Waals surface area contributed by atoms with E-state index in [1.807, 2.05) is 6.92 Å². The van der Waals surface area contributed by atoms with Crippen LogP contribution in [0, 0.1) is 0 Å². The Morgan fingerprint density at radius 1 is 1.35 bits per heavy atom. The normalized spacial score (nSPS) is 21.9. The first-order valence-electron chi connectivity index (χ1n) is 7.52. The van der Waals surface area contributed by atoms with Gasteiger partial charge in [-0.1, -0.05) is 11.6 Å². The van der Waals surface area contributed by atoms with Crippen LogP contribution in [-0.2, 0) is 9.84 Å². The molecule has 0 aromatic heterocycles. The summed E-state index contributed by atoms with van der Waals surface area (Å²) in [6.07, 6.45) is 0.472. The van der Waals surface area contributed by atoms with Crippen LogP contribution in [0.15, 0.2) is 12.1 Å². The third-order valence-corrected chi connectivity index (χ3v) is 6.13. The van der Waals surface area contributed by atoms with Crippen molar-refractivity contribution in [1.29, 1.82) is 0 Å². The van der Waals surface area contributed by atoms with Crippen molar-refractivity contribution in [3.63, 3.8) is 0 Å². The summed E-state index contributed by atoms with van der Waals surface area (Å²) < 4.78 is 34.3. The SMILES string of the molecule is CCN(C(=O)c1cc(Cl)c2c(c1)OCCO2)[C@H]1CCS(=O)(=O)C1. The van der Waals surface area contributed by atoms with Gasteiger partial charge in [-0.15, -0.1) is 0 Å².